The SMILES string of the molecule is C[C@H](N)C(=O)NCC(=O)NCCc1ccccc1.Cl. The zero-order valence-corrected chi connectivity index (χ0v) is 11.7. The van der Waals surface area contributed by atoms with Gasteiger partial charge >= 0.3 is 0 Å². The van der Waals surface area contributed by atoms with E-state index in [-0.39, 0.29) is 30.8 Å². The van der Waals surface area contributed by atoms with Gasteiger partial charge in [-0.15, -0.1) is 12.4 Å². The molecule has 0 aromatic heterocycles. The first-order chi connectivity index (χ1) is 8.59. The summed E-state index contributed by atoms with van der Waals surface area (Å²) in [5.74, 6) is -0.534. The molecule has 0 fully saturated rings. The molecule has 19 heavy (non-hydrogen) atoms. The lowest BCUT2D eigenvalue weighted by Crippen LogP contribution is -2.43. The minimum atomic E-state index is -0.595. The highest BCUT2D eigenvalue weighted by Gasteiger charge is 2.08. The van der Waals surface area contributed by atoms with E-state index in [9.17, 15) is 9.59 Å². The van der Waals surface area contributed by atoms with E-state index >= 15 is 0 Å². The number of carbonyl (C=O) groups is 2. The molecule has 2 amide bonds. The highest BCUT2D eigenvalue weighted by atomic mass is 35.5. The van der Waals surface area contributed by atoms with Gasteiger partial charge in [0.15, 0.2) is 0 Å². The molecule has 5 nitrogen and oxygen atoms in total. The molecule has 4 N–H and O–H groups in total. The van der Waals surface area contributed by atoms with Crippen LogP contribution < -0.4 is 16.4 Å². The van der Waals surface area contributed by atoms with Crippen molar-refractivity contribution in [1.82, 2.24) is 10.6 Å². The summed E-state index contributed by atoms with van der Waals surface area (Å²) in [6.45, 7) is 2.09. The third-order valence-corrected chi connectivity index (χ3v) is 2.42. The second-order valence-electron chi connectivity index (χ2n) is 4.09. The van der Waals surface area contributed by atoms with E-state index < -0.39 is 6.04 Å². The Labute approximate surface area is 119 Å². The van der Waals surface area contributed by atoms with E-state index in [2.05, 4.69) is 10.6 Å². The normalized spacial score (nSPS) is 11.1. The minimum Gasteiger partial charge on any atom is -0.354 e. The van der Waals surface area contributed by atoms with E-state index in [4.69, 9.17) is 5.73 Å². The zero-order chi connectivity index (χ0) is 13.4. The molecule has 1 rings (SSSR count). The first-order valence-electron chi connectivity index (χ1n) is 5.93. The van der Waals surface area contributed by atoms with Crippen LogP contribution in [-0.2, 0) is 16.0 Å². The number of hydrogen-bond donors (Lipinski definition) is 3. The lowest BCUT2D eigenvalue weighted by Gasteiger charge is -2.08. The number of nitrogens with two attached hydrogens (primary N) is 1. The largest absolute Gasteiger partial charge is 0.354 e. The van der Waals surface area contributed by atoms with E-state index in [0.717, 1.165) is 12.0 Å². The Morgan fingerprint density at radius 2 is 1.84 bits per heavy atom. The number of benzene rings is 1. The van der Waals surface area contributed by atoms with Crippen molar-refractivity contribution in [2.75, 3.05) is 13.1 Å². The Balaban J connectivity index is 0.00000324. The molecule has 1 aromatic rings. The number of carbonyl (C=O) groups excluding carboxylic acids is 2. The lowest BCUT2D eigenvalue weighted by molar-refractivity contribution is -0.126. The van der Waals surface area contributed by atoms with Crippen molar-refractivity contribution in [2.45, 2.75) is 19.4 Å². The number of rotatable bonds is 6. The van der Waals surface area contributed by atoms with Crippen LogP contribution in [-0.4, -0.2) is 30.9 Å². The van der Waals surface area contributed by atoms with Crippen LogP contribution in [0.15, 0.2) is 30.3 Å². The molecule has 0 spiro atoms. The standard InChI is InChI=1S/C13H19N3O2.ClH/c1-10(14)13(18)16-9-12(17)15-8-7-11-5-3-2-4-6-11;/h2-6,10H,7-9,14H2,1H3,(H,15,17)(H,16,18);1H/t10-;/m0./s1. The van der Waals surface area contributed by atoms with Gasteiger partial charge in [-0.05, 0) is 18.9 Å². The molecule has 0 bridgehead atoms. The van der Waals surface area contributed by atoms with Gasteiger partial charge in [0, 0.05) is 6.54 Å². The van der Waals surface area contributed by atoms with Gasteiger partial charge in [-0.25, -0.2) is 0 Å². The summed E-state index contributed by atoms with van der Waals surface area (Å²) in [7, 11) is 0. The summed E-state index contributed by atoms with van der Waals surface area (Å²) in [5.41, 5.74) is 6.52. The molecule has 1 aromatic carbocycles. The van der Waals surface area contributed by atoms with Gasteiger partial charge in [0.1, 0.15) is 0 Å². The maximum atomic E-state index is 11.4. The monoisotopic (exact) mass is 285 g/mol. The van der Waals surface area contributed by atoms with Gasteiger partial charge in [-0.2, -0.15) is 0 Å². The molecule has 0 saturated heterocycles. The van der Waals surface area contributed by atoms with E-state index in [1.165, 1.54) is 0 Å². The first-order valence-corrected chi connectivity index (χ1v) is 5.93. The van der Waals surface area contributed by atoms with E-state index in [1.54, 1.807) is 6.92 Å². The summed E-state index contributed by atoms with van der Waals surface area (Å²) in [6, 6.07) is 9.28. The van der Waals surface area contributed by atoms with Crippen molar-refractivity contribution in [2.24, 2.45) is 5.73 Å². The smallest absolute Gasteiger partial charge is 0.239 e. The highest BCUT2D eigenvalue weighted by Crippen LogP contribution is 1.97. The fraction of sp³-hybridized carbons (Fsp3) is 0.385. The van der Waals surface area contributed by atoms with Crippen molar-refractivity contribution in [3.8, 4) is 0 Å². The second-order valence-corrected chi connectivity index (χ2v) is 4.09. The van der Waals surface area contributed by atoms with Gasteiger partial charge in [0.2, 0.25) is 11.8 Å². The molecule has 1 atom stereocenters. The average molecular weight is 286 g/mol. The highest BCUT2D eigenvalue weighted by molar-refractivity contribution is 5.87. The quantitative estimate of drug-likeness (QED) is 0.700. The third kappa shape index (κ3) is 7.43. The van der Waals surface area contributed by atoms with Gasteiger partial charge in [-0.1, -0.05) is 30.3 Å². The average Bonchev–Trinajstić information content (AvgIpc) is 2.37. The second kappa shape index (κ2) is 9.35. The third-order valence-electron chi connectivity index (χ3n) is 2.42. The molecule has 0 saturated carbocycles. The predicted molar refractivity (Wildman–Crippen MR) is 77.1 cm³/mol. The molecule has 0 aliphatic heterocycles. The van der Waals surface area contributed by atoms with Gasteiger partial charge < -0.3 is 16.4 Å². The maximum absolute atomic E-state index is 11.4. The zero-order valence-electron chi connectivity index (χ0n) is 10.9. The lowest BCUT2D eigenvalue weighted by atomic mass is 10.1. The summed E-state index contributed by atoms with van der Waals surface area (Å²) >= 11 is 0. The van der Waals surface area contributed by atoms with Crippen LogP contribution in [0.2, 0.25) is 0 Å². The van der Waals surface area contributed by atoms with Crippen LogP contribution in [0, 0.1) is 0 Å². The minimum absolute atomic E-state index is 0. The van der Waals surface area contributed by atoms with Crippen LogP contribution in [0.25, 0.3) is 0 Å². The summed E-state index contributed by atoms with van der Waals surface area (Å²) in [6.07, 6.45) is 0.772. The molecular weight excluding hydrogens is 266 g/mol. The topological polar surface area (TPSA) is 84.2 Å². The Kier molecular flexibility index (Phi) is 8.57. The molecule has 0 aliphatic rings. The Morgan fingerprint density at radius 1 is 1.21 bits per heavy atom. The van der Waals surface area contributed by atoms with Crippen LogP contribution in [0.1, 0.15) is 12.5 Å². The number of halogens is 1. The molecule has 0 aliphatic carbocycles. The Hall–Kier alpha value is -1.59. The van der Waals surface area contributed by atoms with Crippen LogP contribution in [0.3, 0.4) is 0 Å². The van der Waals surface area contributed by atoms with Crippen molar-refractivity contribution < 1.29 is 9.59 Å². The van der Waals surface area contributed by atoms with Crippen LogP contribution >= 0.6 is 12.4 Å². The van der Waals surface area contributed by atoms with Crippen LogP contribution in [0.5, 0.6) is 0 Å². The fourth-order valence-corrected chi connectivity index (χ4v) is 1.38. The molecule has 0 radical (unpaired) electrons. The fourth-order valence-electron chi connectivity index (χ4n) is 1.38. The van der Waals surface area contributed by atoms with E-state index in [1.807, 2.05) is 30.3 Å². The van der Waals surface area contributed by atoms with Gasteiger partial charge in [-0.3, -0.25) is 9.59 Å². The van der Waals surface area contributed by atoms with Gasteiger partial charge in [0.25, 0.3) is 0 Å². The predicted octanol–water partition coefficient (Wildman–Crippen LogP) is 0.231. The summed E-state index contributed by atoms with van der Waals surface area (Å²) in [5, 5.41) is 5.19. The van der Waals surface area contributed by atoms with E-state index in [0.29, 0.717) is 6.54 Å². The maximum Gasteiger partial charge on any atom is 0.239 e. The number of hydrogen-bond acceptors (Lipinski definition) is 3. The van der Waals surface area contributed by atoms with Crippen molar-refractivity contribution in [1.29, 1.82) is 0 Å². The number of nitrogens with one attached hydrogen (secondary N) is 2. The first kappa shape index (κ1) is 17.4. The van der Waals surface area contributed by atoms with Crippen molar-refractivity contribution in [3.63, 3.8) is 0 Å². The Bertz CT molecular complexity index is 396. The summed E-state index contributed by atoms with van der Waals surface area (Å²) in [4.78, 5) is 22.5. The van der Waals surface area contributed by atoms with Crippen molar-refractivity contribution in [3.05, 3.63) is 35.9 Å². The molecule has 106 valence electrons. The summed E-state index contributed by atoms with van der Waals surface area (Å²) < 4.78 is 0. The molecule has 0 unspecified atom stereocenters. The van der Waals surface area contributed by atoms with Gasteiger partial charge in [0.05, 0.1) is 12.6 Å². The van der Waals surface area contributed by atoms with Crippen LogP contribution in [0.4, 0.5) is 0 Å². The van der Waals surface area contributed by atoms with Crippen molar-refractivity contribution >= 4 is 24.2 Å². The number of amides is 2. The molecular formula is C13H20ClN3O2. The Morgan fingerprint density at radius 3 is 2.42 bits per heavy atom. The molecule has 6 heteroatoms. The molecule has 0 heterocycles.